The van der Waals surface area contributed by atoms with Gasteiger partial charge in [0.1, 0.15) is 0 Å². The highest BCUT2D eigenvalue weighted by molar-refractivity contribution is 7.92. The number of anilines is 1. The van der Waals surface area contributed by atoms with Gasteiger partial charge in [-0.2, -0.15) is 0 Å². The van der Waals surface area contributed by atoms with Crippen molar-refractivity contribution in [1.82, 2.24) is 4.98 Å². The molecule has 0 atom stereocenters. The maximum atomic E-state index is 11.1. The van der Waals surface area contributed by atoms with Crippen LogP contribution in [0.3, 0.4) is 0 Å². The van der Waals surface area contributed by atoms with Gasteiger partial charge in [0.05, 0.1) is 6.26 Å². The Morgan fingerprint density at radius 2 is 2.18 bits per heavy atom. The van der Waals surface area contributed by atoms with Gasteiger partial charge in [-0.25, -0.2) is 8.42 Å². The van der Waals surface area contributed by atoms with Crippen LogP contribution in [-0.2, 0) is 16.4 Å². The SMILES string of the molecule is CS(=O)(=O)Nc1ccc2[nH]cc(CCN)c2c1. The molecule has 0 aliphatic heterocycles. The standard InChI is InChI=1S/C11H15N3O2S/c1-17(15,16)14-9-2-3-11-10(6-9)8(4-5-12)7-13-11/h2-3,6-7,13-14H,4-5,12H2,1H3. The molecule has 2 aromatic rings. The van der Waals surface area contributed by atoms with Gasteiger partial charge < -0.3 is 10.7 Å². The van der Waals surface area contributed by atoms with Crippen LogP contribution in [0.15, 0.2) is 24.4 Å². The van der Waals surface area contributed by atoms with Gasteiger partial charge in [0.15, 0.2) is 0 Å². The summed E-state index contributed by atoms with van der Waals surface area (Å²) in [5.74, 6) is 0. The molecule has 0 aliphatic carbocycles. The second kappa shape index (κ2) is 4.38. The minimum Gasteiger partial charge on any atom is -0.361 e. The third-order valence-electron chi connectivity index (χ3n) is 2.48. The lowest BCUT2D eigenvalue weighted by Crippen LogP contribution is -2.09. The Balaban J connectivity index is 2.44. The predicted octanol–water partition coefficient (Wildman–Crippen LogP) is 1.04. The zero-order chi connectivity index (χ0) is 12.5. The second-order valence-corrected chi connectivity index (χ2v) is 5.74. The maximum absolute atomic E-state index is 11.1. The van der Waals surface area contributed by atoms with E-state index in [0.29, 0.717) is 12.2 Å². The molecule has 0 amide bonds. The van der Waals surface area contributed by atoms with Gasteiger partial charge in [-0.1, -0.05) is 0 Å². The van der Waals surface area contributed by atoms with Crippen molar-refractivity contribution in [2.24, 2.45) is 5.73 Å². The summed E-state index contributed by atoms with van der Waals surface area (Å²) in [6.45, 7) is 0.566. The van der Waals surface area contributed by atoms with Crippen molar-refractivity contribution >= 4 is 26.6 Å². The number of rotatable bonds is 4. The summed E-state index contributed by atoms with van der Waals surface area (Å²) in [6.07, 6.45) is 3.80. The monoisotopic (exact) mass is 253 g/mol. The van der Waals surface area contributed by atoms with Crippen LogP contribution in [0.2, 0.25) is 0 Å². The molecule has 1 aromatic carbocycles. The molecule has 2 rings (SSSR count). The average Bonchev–Trinajstić information content (AvgIpc) is 2.59. The highest BCUT2D eigenvalue weighted by Gasteiger charge is 2.06. The molecule has 0 fully saturated rings. The predicted molar refractivity (Wildman–Crippen MR) is 69.5 cm³/mol. The fraction of sp³-hybridized carbons (Fsp3) is 0.273. The lowest BCUT2D eigenvalue weighted by atomic mass is 10.1. The lowest BCUT2D eigenvalue weighted by Gasteiger charge is -2.04. The summed E-state index contributed by atoms with van der Waals surface area (Å²) in [5.41, 5.74) is 8.17. The van der Waals surface area contributed by atoms with Crippen LogP contribution in [0.5, 0.6) is 0 Å². The third kappa shape index (κ3) is 2.78. The van der Waals surface area contributed by atoms with E-state index in [1.807, 2.05) is 18.3 Å². The Hall–Kier alpha value is -1.53. The van der Waals surface area contributed by atoms with Crippen molar-refractivity contribution in [2.45, 2.75) is 6.42 Å². The first-order chi connectivity index (χ1) is 7.99. The van der Waals surface area contributed by atoms with Gasteiger partial charge in [-0.15, -0.1) is 0 Å². The Labute approximate surface area is 100 Å². The van der Waals surface area contributed by atoms with Gasteiger partial charge >= 0.3 is 0 Å². The molecule has 5 nitrogen and oxygen atoms in total. The number of aromatic nitrogens is 1. The molecule has 0 radical (unpaired) electrons. The van der Waals surface area contributed by atoms with Crippen molar-refractivity contribution < 1.29 is 8.42 Å². The number of hydrogen-bond donors (Lipinski definition) is 3. The van der Waals surface area contributed by atoms with Gasteiger partial charge in [0.2, 0.25) is 10.0 Å². The van der Waals surface area contributed by atoms with Crippen LogP contribution in [0.4, 0.5) is 5.69 Å². The van der Waals surface area contributed by atoms with Crippen LogP contribution in [0.25, 0.3) is 10.9 Å². The van der Waals surface area contributed by atoms with E-state index in [4.69, 9.17) is 5.73 Å². The fourth-order valence-corrected chi connectivity index (χ4v) is 2.37. The molecule has 1 aromatic heterocycles. The van der Waals surface area contributed by atoms with Crippen molar-refractivity contribution in [3.8, 4) is 0 Å². The van der Waals surface area contributed by atoms with E-state index in [1.165, 1.54) is 0 Å². The summed E-state index contributed by atoms with van der Waals surface area (Å²) in [4.78, 5) is 3.13. The highest BCUT2D eigenvalue weighted by atomic mass is 32.2. The molecule has 0 unspecified atom stereocenters. The molecule has 0 aliphatic rings. The van der Waals surface area contributed by atoms with Crippen LogP contribution in [0.1, 0.15) is 5.56 Å². The van der Waals surface area contributed by atoms with Crippen LogP contribution in [0, 0.1) is 0 Å². The van der Waals surface area contributed by atoms with E-state index < -0.39 is 10.0 Å². The Kier molecular flexibility index (Phi) is 3.08. The van der Waals surface area contributed by atoms with Gasteiger partial charge in [0, 0.05) is 22.8 Å². The van der Waals surface area contributed by atoms with Crippen LogP contribution < -0.4 is 10.5 Å². The number of aromatic amines is 1. The first-order valence-corrected chi connectivity index (χ1v) is 7.16. The molecule has 0 saturated heterocycles. The van der Waals surface area contributed by atoms with Crippen molar-refractivity contribution in [3.63, 3.8) is 0 Å². The summed E-state index contributed by atoms with van der Waals surface area (Å²) >= 11 is 0. The number of benzene rings is 1. The summed E-state index contributed by atoms with van der Waals surface area (Å²) < 4.78 is 24.8. The summed E-state index contributed by atoms with van der Waals surface area (Å²) in [7, 11) is -3.24. The first-order valence-electron chi connectivity index (χ1n) is 5.27. The zero-order valence-corrected chi connectivity index (χ0v) is 10.3. The van der Waals surface area contributed by atoms with E-state index in [2.05, 4.69) is 9.71 Å². The normalized spacial score (nSPS) is 11.9. The van der Waals surface area contributed by atoms with Gasteiger partial charge in [-0.05, 0) is 36.7 Å². The van der Waals surface area contributed by atoms with E-state index >= 15 is 0 Å². The van der Waals surface area contributed by atoms with E-state index in [-0.39, 0.29) is 0 Å². The van der Waals surface area contributed by atoms with E-state index in [0.717, 1.165) is 29.1 Å². The highest BCUT2D eigenvalue weighted by Crippen LogP contribution is 2.23. The largest absolute Gasteiger partial charge is 0.361 e. The molecule has 0 bridgehead atoms. The van der Waals surface area contributed by atoms with E-state index in [1.54, 1.807) is 6.07 Å². The molecule has 1 heterocycles. The quantitative estimate of drug-likeness (QED) is 0.760. The molecule has 4 N–H and O–H groups in total. The first kappa shape index (κ1) is 11.9. The van der Waals surface area contributed by atoms with Gasteiger partial charge in [0.25, 0.3) is 0 Å². The summed E-state index contributed by atoms with van der Waals surface area (Å²) in [6, 6.07) is 5.40. The fourth-order valence-electron chi connectivity index (χ4n) is 1.82. The molecule has 92 valence electrons. The summed E-state index contributed by atoms with van der Waals surface area (Å²) in [5, 5.41) is 1.00. The zero-order valence-electron chi connectivity index (χ0n) is 9.53. The molecular formula is C11H15N3O2S. The minimum atomic E-state index is -3.24. The Bertz CT molecular complexity index is 631. The molecule has 0 saturated carbocycles. The van der Waals surface area contributed by atoms with Crippen molar-refractivity contribution in [1.29, 1.82) is 0 Å². The van der Waals surface area contributed by atoms with Gasteiger partial charge in [-0.3, -0.25) is 4.72 Å². The number of hydrogen-bond acceptors (Lipinski definition) is 3. The smallest absolute Gasteiger partial charge is 0.229 e. The Morgan fingerprint density at radius 3 is 2.82 bits per heavy atom. The van der Waals surface area contributed by atoms with Crippen LogP contribution in [-0.4, -0.2) is 26.2 Å². The lowest BCUT2D eigenvalue weighted by molar-refractivity contribution is 0.607. The molecule has 0 spiro atoms. The number of nitrogens with two attached hydrogens (primary N) is 1. The van der Waals surface area contributed by atoms with Crippen molar-refractivity contribution in [2.75, 3.05) is 17.5 Å². The topological polar surface area (TPSA) is 88.0 Å². The third-order valence-corrected chi connectivity index (χ3v) is 3.09. The number of fused-ring (bicyclic) bond motifs is 1. The number of H-pyrrole nitrogens is 1. The molecule has 17 heavy (non-hydrogen) atoms. The van der Waals surface area contributed by atoms with E-state index in [9.17, 15) is 8.42 Å². The molecule has 6 heteroatoms. The minimum absolute atomic E-state index is 0.566. The average molecular weight is 253 g/mol. The molecular weight excluding hydrogens is 238 g/mol. The van der Waals surface area contributed by atoms with Crippen molar-refractivity contribution in [3.05, 3.63) is 30.0 Å². The maximum Gasteiger partial charge on any atom is 0.229 e. The number of nitrogens with one attached hydrogen (secondary N) is 2. The van der Waals surface area contributed by atoms with Crippen LogP contribution >= 0.6 is 0 Å². The number of sulfonamides is 1. The second-order valence-electron chi connectivity index (χ2n) is 3.99. The Morgan fingerprint density at radius 1 is 1.41 bits per heavy atom.